The molecule has 3 aromatic rings. The summed E-state index contributed by atoms with van der Waals surface area (Å²) in [6.45, 7) is 1.59. The molecule has 0 amide bonds. The highest BCUT2D eigenvalue weighted by atomic mass is 35.5. The second kappa shape index (κ2) is 8.82. The number of benzene rings is 2. The van der Waals surface area contributed by atoms with E-state index in [2.05, 4.69) is 5.10 Å². The zero-order valence-corrected chi connectivity index (χ0v) is 16.9. The Morgan fingerprint density at radius 3 is 2.50 bits per heavy atom. The standard InChI is InChI=1S/C19H14Cl3FN2O3/c1-2-27-19(26)10-28-18-9-17(13-5-3-12(21)8-15(13)23)25(24-18)16-6-4-11(20)7-14(16)22/h3-9H,2,10H2,1H3. The van der Waals surface area contributed by atoms with Crippen LogP contribution in [0.15, 0.2) is 42.5 Å². The number of esters is 1. The van der Waals surface area contributed by atoms with Crippen LogP contribution in [0, 0.1) is 5.82 Å². The van der Waals surface area contributed by atoms with Crippen LogP contribution in [0.2, 0.25) is 15.1 Å². The number of halogens is 4. The molecule has 0 aliphatic carbocycles. The summed E-state index contributed by atoms with van der Waals surface area (Å²) in [6.07, 6.45) is 0. The summed E-state index contributed by atoms with van der Waals surface area (Å²) >= 11 is 18.1. The van der Waals surface area contributed by atoms with E-state index in [0.717, 1.165) is 0 Å². The van der Waals surface area contributed by atoms with Gasteiger partial charge in [-0.1, -0.05) is 34.8 Å². The van der Waals surface area contributed by atoms with E-state index in [9.17, 15) is 9.18 Å². The second-order valence-electron chi connectivity index (χ2n) is 5.59. The van der Waals surface area contributed by atoms with Crippen molar-refractivity contribution in [2.45, 2.75) is 6.92 Å². The van der Waals surface area contributed by atoms with Crippen LogP contribution < -0.4 is 4.74 Å². The van der Waals surface area contributed by atoms with Crippen LogP contribution in [0.4, 0.5) is 4.39 Å². The van der Waals surface area contributed by atoms with Gasteiger partial charge < -0.3 is 9.47 Å². The van der Waals surface area contributed by atoms with Crippen molar-refractivity contribution in [2.24, 2.45) is 0 Å². The van der Waals surface area contributed by atoms with Crippen molar-refractivity contribution >= 4 is 40.8 Å². The Morgan fingerprint density at radius 1 is 1.11 bits per heavy atom. The van der Waals surface area contributed by atoms with Crippen molar-refractivity contribution in [2.75, 3.05) is 13.2 Å². The Balaban J connectivity index is 2.06. The minimum atomic E-state index is -0.546. The number of carbonyl (C=O) groups excluding carboxylic acids is 1. The van der Waals surface area contributed by atoms with E-state index in [0.29, 0.717) is 21.4 Å². The van der Waals surface area contributed by atoms with Crippen LogP contribution in [0.3, 0.4) is 0 Å². The monoisotopic (exact) mass is 442 g/mol. The molecule has 0 N–H and O–H groups in total. The van der Waals surface area contributed by atoms with Crippen molar-refractivity contribution in [3.63, 3.8) is 0 Å². The Labute approximate surface area is 175 Å². The highest BCUT2D eigenvalue weighted by Crippen LogP contribution is 2.33. The predicted octanol–water partition coefficient (Wildman–Crippen LogP) is 5.58. The zero-order chi connectivity index (χ0) is 20.3. The number of carbonyl (C=O) groups is 1. The first kappa shape index (κ1) is 20.5. The van der Waals surface area contributed by atoms with Gasteiger partial charge >= 0.3 is 5.97 Å². The SMILES string of the molecule is CCOC(=O)COc1cc(-c2ccc(Cl)cc2F)n(-c2ccc(Cl)cc2Cl)n1. The molecule has 0 fully saturated rings. The Hall–Kier alpha value is -2.28. The number of hydrogen-bond donors (Lipinski definition) is 0. The van der Waals surface area contributed by atoms with Crippen LogP contribution in [0.1, 0.15) is 6.92 Å². The van der Waals surface area contributed by atoms with Gasteiger partial charge in [0, 0.05) is 21.7 Å². The molecular weight excluding hydrogens is 430 g/mol. The average Bonchev–Trinajstić information content (AvgIpc) is 3.04. The second-order valence-corrected chi connectivity index (χ2v) is 6.87. The summed E-state index contributed by atoms with van der Waals surface area (Å²) in [5, 5.41) is 5.31. The molecule has 3 rings (SSSR count). The fourth-order valence-electron chi connectivity index (χ4n) is 2.49. The highest BCUT2D eigenvalue weighted by Gasteiger charge is 2.18. The van der Waals surface area contributed by atoms with E-state index in [4.69, 9.17) is 44.3 Å². The normalized spacial score (nSPS) is 10.8. The molecule has 0 spiro atoms. The van der Waals surface area contributed by atoms with Crippen molar-refractivity contribution in [1.29, 1.82) is 0 Å². The molecule has 2 aromatic carbocycles. The van der Waals surface area contributed by atoms with Crippen LogP contribution in [-0.2, 0) is 9.53 Å². The maximum absolute atomic E-state index is 14.5. The highest BCUT2D eigenvalue weighted by molar-refractivity contribution is 6.35. The summed E-state index contributed by atoms with van der Waals surface area (Å²) in [5.74, 6) is -0.986. The lowest BCUT2D eigenvalue weighted by atomic mass is 10.1. The van der Waals surface area contributed by atoms with Crippen LogP contribution in [0.5, 0.6) is 5.88 Å². The fourth-order valence-corrected chi connectivity index (χ4v) is 3.14. The lowest BCUT2D eigenvalue weighted by Crippen LogP contribution is -2.14. The Kier molecular flexibility index (Phi) is 6.44. The molecule has 0 unspecified atom stereocenters. The third kappa shape index (κ3) is 4.58. The van der Waals surface area contributed by atoms with Crippen LogP contribution in [0.25, 0.3) is 16.9 Å². The minimum Gasteiger partial charge on any atom is -0.465 e. The van der Waals surface area contributed by atoms with Gasteiger partial charge in [-0.3, -0.25) is 0 Å². The van der Waals surface area contributed by atoms with Crippen molar-refractivity contribution in [1.82, 2.24) is 9.78 Å². The first-order valence-electron chi connectivity index (χ1n) is 8.18. The van der Waals surface area contributed by atoms with Gasteiger partial charge in [-0.05, 0) is 43.3 Å². The van der Waals surface area contributed by atoms with Crippen molar-refractivity contribution < 1.29 is 18.7 Å². The first-order chi connectivity index (χ1) is 13.4. The third-order valence-corrected chi connectivity index (χ3v) is 4.45. The molecule has 1 heterocycles. The van der Waals surface area contributed by atoms with E-state index in [-0.39, 0.29) is 29.7 Å². The largest absolute Gasteiger partial charge is 0.465 e. The molecular formula is C19H14Cl3FN2O3. The van der Waals surface area contributed by atoms with Gasteiger partial charge in [0.15, 0.2) is 6.61 Å². The van der Waals surface area contributed by atoms with Gasteiger partial charge in [-0.2, -0.15) is 0 Å². The van der Waals surface area contributed by atoms with Crippen LogP contribution in [-0.4, -0.2) is 29.0 Å². The summed E-state index contributed by atoms with van der Waals surface area (Å²) in [4.78, 5) is 11.5. The van der Waals surface area contributed by atoms with Gasteiger partial charge in [-0.25, -0.2) is 13.9 Å². The molecule has 28 heavy (non-hydrogen) atoms. The van der Waals surface area contributed by atoms with Gasteiger partial charge in [0.1, 0.15) is 5.82 Å². The first-order valence-corrected chi connectivity index (χ1v) is 9.31. The third-order valence-electron chi connectivity index (χ3n) is 3.68. The molecule has 0 aliphatic rings. The number of ether oxygens (including phenoxy) is 2. The van der Waals surface area contributed by atoms with E-state index in [1.165, 1.54) is 22.9 Å². The van der Waals surface area contributed by atoms with E-state index in [1.807, 2.05) is 0 Å². The number of hydrogen-bond acceptors (Lipinski definition) is 4. The summed E-state index contributed by atoms with van der Waals surface area (Å²) in [7, 11) is 0. The van der Waals surface area contributed by atoms with E-state index < -0.39 is 11.8 Å². The maximum Gasteiger partial charge on any atom is 0.344 e. The van der Waals surface area contributed by atoms with Crippen molar-refractivity contribution in [3.8, 4) is 22.8 Å². The molecule has 0 radical (unpaired) electrons. The number of rotatable bonds is 6. The predicted molar refractivity (Wildman–Crippen MR) is 106 cm³/mol. The summed E-state index contributed by atoms with van der Waals surface area (Å²) in [5.41, 5.74) is 1.05. The van der Waals surface area contributed by atoms with Crippen molar-refractivity contribution in [3.05, 3.63) is 63.3 Å². The lowest BCUT2D eigenvalue weighted by molar-refractivity contribution is -0.145. The molecule has 0 aliphatic heterocycles. The number of nitrogens with zero attached hydrogens (tertiary/aromatic N) is 2. The van der Waals surface area contributed by atoms with Crippen LogP contribution >= 0.6 is 34.8 Å². The molecule has 9 heteroatoms. The zero-order valence-electron chi connectivity index (χ0n) is 14.6. The molecule has 0 bridgehead atoms. The Bertz CT molecular complexity index is 955. The minimum absolute atomic E-state index is 0.100. The maximum atomic E-state index is 14.5. The fraction of sp³-hybridized carbons (Fsp3) is 0.158. The molecule has 1 aromatic heterocycles. The summed E-state index contributed by atoms with van der Waals surface area (Å²) < 4.78 is 26.1. The summed E-state index contributed by atoms with van der Waals surface area (Å²) in [6, 6.07) is 10.6. The van der Waals surface area contributed by atoms with E-state index in [1.54, 1.807) is 31.2 Å². The van der Waals surface area contributed by atoms with E-state index >= 15 is 0 Å². The quantitative estimate of drug-likeness (QED) is 0.467. The smallest absolute Gasteiger partial charge is 0.344 e. The van der Waals surface area contributed by atoms with Gasteiger partial charge in [0.05, 0.1) is 23.0 Å². The molecule has 146 valence electrons. The van der Waals surface area contributed by atoms with Gasteiger partial charge in [0.25, 0.3) is 0 Å². The van der Waals surface area contributed by atoms with Gasteiger partial charge in [0.2, 0.25) is 5.88 Å². The molecule has 5 nitrogen and oxygen atoms in total. The molecule has 0 saturated carbocycles. The Morgan fingerprint density at radius 2 is 1.82 bits per heavy atom. The topological polar surface area (TPSA) is 53.4 Å². The lowest BCUT2D eigenvalue weighted by Gasteiger charge is -2.10. The average molecular weight is 444 g/mol. The molecule has 0 atom stereocenters. The number of aromatic nitrogens is 2. The van der Waals surface area contributed by atoms with Gasteiger partial charge in [-0.15, -0.1) is 5.10 Å². The molecule has 0 saturated heterocycles.